The van der Waals surface area contributed by atoms with Crippen molar-refractivity contribution >= 4 is 22.6 Å². The number of amides is 2. The number of carbonyl (C=O) groups is 1. The second-order valence-corrected chi connectivity index (χ2v) is 6.20. The van der Waals surface area contributed by atoms with Crippen LogP contribution in [-0.4, -0.2) is 22.7 Å². The molecule has 124 valence electrons. The second kappa shape index (κ2) is 6.37. The maximum absolute atomic E-state index is 12.1. The van der Waals surface area contributed by atoms with Crippen molar-refractivity contribution < 1.29 is 9.90 Å². The van der Waals surface area contributed by atoms with Crippen LogP contribution in [-0.2, 0) is 5.60 Å². The number of hydrogen-bond donors (Lipinski definition) is 4. The van der Waals surface area contributed by atoms with Crippen LogP contribution in [0.5, 0.6) is 0 Å². The van der Waals surface area contributed by atoms with Crippen LogP contribution in [0, 0.1) is 6.92 Å². The van der Waals surface area contributed by atoms with Crippen molar-refractivity contribution in [3.8, 4) is 0 Å². The van der Waals surface area contributed by atoms with E-state index in [1.807, 2.05) is 61.5 Å². The molecule has 5 nitrogen and oxygen atoms in total. The van der Waals surface area contributed by atoms with Crippen LogP contribution in [0.2, 0.25) is 0 Å². The molecule has 5 heteroatoms. The first kappa shape index (κ1) is 16.1. The topological polar surface area (TPSA) is 77.2 Å². The summed E-state index contributed by atoms with van der Waals surface area (Å²) >= 11 is 0. The van der Waals surface area contributed by atoms with E-state index in [1.165, 1.54) is 0 Å². The average molecular weight is 323 g/mol. The molecule has 0 saturated heterocycles. The molecule has 2 aromatic carbocycles. The molecule has 0 bridgehead atoms. The van der Waals surface area contributed by atoms with Gasteiger partial charge in [-0.15, -0.1) is 0 Å². The molecule has 3 rings (SSSR count). The highest BCUT2D eigenvalue weighted by atomic mass is 16.3. The quantitative estimate of drug-likeness (QED) is 0.593. The third-order valence-electron chi connectivity index (χ3n) is 4.00. The first-order chi connectivity index (χ1) is 11.4. The van der Waals surface area contributed by atoms with Crippen molar-refractivity contribution in [2.75, 3.05) is 11.9 Å². The molecule has 1 aromatic heterocycles. The van der Waals surface area contributed by atoms with Gasteiger partial charge in [0.2, 0.25) is 0 Å². The van der Waals surface area contributed by atoms with Crippen LogP contribution >= 0.6 is 0 Å². The van der Waals surface area contributed by atoms with Crippen molar-refractivity contribution in [3.05, 3.63) is 65.9 Å². The van der Waals surface area contributed by atoms with Crippen molar-refractivity contribution in [1.82, 2.24) is 10.3 Å². The van der Waals surface area contributed by atoms with Gasteiger partial charge in [0.1, 0.15) is 5.60 Å². The highest BCUT2D eigenvalue weighted by molar-refractivity contribution is 5.93. The van der Waals surface area contributed by atoms with Gasteiger partial charge in [0, 0.05) is 22.3 Å². The molecule has 0 radical (unpaired) electrons. The number of aliphatic hydroxyl groups is 1. The largest absolute Gasteiger partial charge is 0.384 e. The van der Waals surface area contributed by atoms with E-state index in [0.717, 1.165) is 22.2 Å². The number of carbonyl (C=O) groups excluding carboxylic acids is 1. The third kappa shape index (κ3) is 3.58. The minimum absolute atomic E-state index is 0.119. The Morgan fingerprint density at radius 3 is 2.67 bits per heavy atom. The van der Waals surface area contributed by atoms with E-state index in [-0.39, 0.29) is 12.6 Å². The average Bonchev–Trinajstić information content (AvgIpc) is 2.93. The molecule has 1 atom stereocenters. The molecule has 4 N–H and O–H groups in total. The predicted molar refractivity (Wildman–Crippen MR) is 96.1 cm³/mol. The summed E-state index contributed by atoms with van der Waals surface area (Å²) in [4.78, 5) is 15.3. The molecule has 0 fully saturated rings. The van der Waals surface area contributed by atoms with E-state index in [1.54, 1.807) is 6.92 Å². The second-order valence-electron chi connectivity index (χ2n) is 6.20. The van der Waals surface area contributed by atoms with Crippen LogP contribution in [0.15, 0.2) is 54.6 Å². The lowest BCUT2D eigenvalue weighted by Crippen LogP contribution is -2.40. The Hall–Kier alpha value is -2.79. The summed E-state index contributed by atoms with van der Waals surface area (Å²) in [6, 6.07) is 16.6. The minimum atomic E-state index is -1.12. The molecular formula is C19H21N3O2. The third-order valence-corrected chi connectivity index (χ3v) is 4.00. The fourth-order valence-electron chi connectivity index (χ4n) is 2.68. The van der Waals surface area contributed by atoms with Gasteiger partial charge in [-0.2, -0.15) is 0 Å². The van der Waals surface area contributed by atoms with Gasteiger partial charge in [-0.3, -0.25) is 0 Å². The van der Waals surface area contributed by atoms with Crippen LogP contribution < -0.4 is 10.6 Å². The zero-order valence-corrected chi connectivity index (χ0v) is 13.8. The Labute approximate surface area is 140 Å². The molecule has 0 spiro atoms. The lowest BCUT2D eigenvalue weighted by molar-refractivity contribution is 0.0599. The van der Waals surface area contributed by atoms with Crippen LogP contribution in [0.4, 0.5) is 10.5 Å². The van der Waals surface area contributed by atoms with Gasteiger partial charge in [-0.1, -0.05) is 30.3 Å². The molecule has 0 aliphatic carbocycles. The summed E-state index contributed by atoms with van der Waals surface area (Å²) in [6.07, 6.45) is 0. The number of H-pyrrole nitrogens is 1. The fourth-order valence-corrected chi connectivity index (χ4v) is 2.68. The number of rotatable bonds is 4. The van der Waals surface area contributed by atoms with Crippen molar-refractivity contribution in [3.63, 3.8) is 0 Å². The summed E-state index contributed by atoms with van der Waals surface area (Å²) in [6.45, 7) is 3.79. The molecule has 1 heterocycles. The summed E-state index contributed by atoms with van der Waals surface area (Å²) in [5.74, 6) is 0. The van der Waals surface area contributed by atoms with E-state index < -0.39 is 5.60 Å². The SMILES string of the molecule is Cc1cc2cc(NC(=O)NCC(C)(O)c3ccccc3)ccc2[nH]1. The molecular weight excluding hydrogens is 302 g/mol. The van der Waals surface area contributed by atoms with Gasteiger partial charge in [0.25, 0.3) is 0 Å². The number of nitrogens with one attached hydrogen (secondary N) is 3. The Balaban J connectivity index is 1.62. The van der Waals surface area contributed by atoms with Gasteiger partial charge in [-0.25, -0.2) is 4.79 Å². The Kier molecular flexibility index (Phi) is 4.27. The van der Waals surface area contributed by atoms with E-state index in [9.17, 15) is 9.90 Å². The Bertz CT molecular complexity index is 853. The summed E-state index contributed by atoms with van der Waals surface area (Å²) in [5.41, 5.74) is 2.45. The number of aromatic nitrogens is 1. The molecule has 2 amide bonds. The molecule has 3 aromatic rings. The van der Waals surface area contributed by atoms with Gasteiger partial charge >= 0.3 is 6.03 Å². The Morgan fingerprint density at radius 1 is 1.17 bits per heavy atom. The number of anilines is 1. The summed E-state index contributed by atoms with van der Waals surface area (Å²) in [5, 5.41) is 17.0. The van der Waals surface area contributed by atoms with Crippen molar-refractivity contribution in [2.45, 2.75) is 19.4 Å². The van der Waals surface area contributed by atoms with Crippen LogP contribution in [0.25, 0.3) is 10.9 Å². The lowest BCUT2D eigenvalue weighted by Gasteiger charge is -2.24. The number of urea groups is 1. The van der Waals surface area contributed by atoms with Gasteiger partial charge in [0.05, 0.1) is 6.54 Å². The van der Waals surface area contributed by atoms with E-state index >= 15 is 0 Å². The molecule has 0 aliphatic rings. The Morgan fingerprint density at radius 2 is 1.92 bits per heavy atom. The first-order valence-corrected chi connectivity index (χ1v) is 7.86. The maximum Gasteiger partial charge on any atom is 0.319 e. The van der Waals surface area contributed by atoms with E-state index in [4.69, 9.17) is 0 Å². The zero-order valence-electron chi connectivity index (χ0n) is 13.8. The summed E-state index contributed by atoms with van der Waals surface area (Å²) < 4.78 is 0. The van der Waals surface area contributed by atoms with Crippen LogP contribution in [0.3, 0.4) is 0 Å². The van der Waals surface area contributed by atoms with Gasteiger partial charge in [0.15, 0.2) is 0 Å². The maximum atomic E-state index is 12.1. The highest BCUT2D eigenvalue weighted by Gasteiger charge is 2.23. The van der Waals surface area contributed by atoms with Crippen molar-refractivity contribution in [2.24, 2.45) is 0 Å². The zero-order chi connectivity index (χ0) is 17.2. The number of aryl methyl sites for hydroxylation is 1. The number of hydrogen-bond acceptors (Lipinski definition) is 2. The van der Waals surface area contributed by atoms with E-state index in [2.05, 4.69) is 15.6 Å². The molecule has 24 heavy (non-hydrogen) atoms. The predicted octanol–water partition coefficient (Wildman–Crippen LogP) is 3.51. The van der Waals surface area contributed by atoms with Crippen LogP contribution in [0.1, 0.15) is 18.2 Å². The minimum Gasteiger partial charge on any atom is -0.384 e. The fraction of sp³-hybridized carbons (Fsp3) is 0.211. The summed E-state index contributed by atoms with van der Waals surface area (Å²) in [7, 11) is 0. The van der Waals surface area contributed by atoms with E-state index in [0.29, 0.717) is 5.69 Å². The van der Waals surface area contributed by atoms with Gasteiger partial charge < -0.3 is 20.7 Å². The molecule has 0 saturated carbocycles. The normalized spacial score (nSPS) is 13.5. The smallest absolute Gasteiger partial charge is 0.319 e. The molecule has 0 aliphatic heterocycles. The standard InChI is InChI=1S/C19H21N3O2/c1-13-10-14-11-16(8-9-17(14)21-13)22-18(23)20-12-19(2,24)15-6-4-3-5-7-15/h3-11,21,24H,12H2,1-2H3,(H2,20,22,23). The highest BCUT2D eigenvalue weighted by Crippen LogP contribution is 2.21. The van der Waals surface area contributed by atoms with Crippen molar-refractivity contribution in [1.29, 1.82) is 0 Å². The van der Waals surface area contributed by atoms with Gasteiger partial charge in [-0.05, 0) is 43.7 Å². The molecule has 1 unspecified atom stereocenters. The number of benzene rings is 2. The number of fused-ring (bicyclic) bond motifs is 1. The lowest BCUT2D eigenvalue weighted by atomic mass is 9.96. The first-order valence-electron chi connectivity index (χ1n) is 7.86. The monoisotopic (exact) mass is 323 g/mol. The number of aromatic amines is 1.